The van der Waals surface area contributed by atoms with Crippen LogP contribution in [0.2, 0.25) is 0 Å². The van der Waals surface area contributed by atoms with Gasteiger partial charge in [0, 0.05) is 19.3 Å². The summed E-state index contributed by atoms with van der Waals surface area (Å²) in [6, 6.07) is 8.92. The third kappa shape index (κ3) is 3.41. The minimum atomic E-state index is -1.36. The molecule has 0 unspecified atom stereocenters. The van der Waals surface area contributed by atoms with Crippen LogP contribution in [0.1, 0.15) is 12.0 Å². The van der Waals surface area contributed by atoms with E-state index in [-0.39, 0.29) is 18.9 Å². The molecule has 2 aromatic rings. The lowest BCUT2D eigenvalue weighted by Gasteiger charge is -2.44. The third-order valence-corrected chi connectivity index (χ3v) is 4.85. The fourth-order valence-corrected chi connectivity index (χ4v) is 3.42. The molecule has 0 amide bonds. The van der Waals surface area contributed by atoms with Crippen molar-refractivity contribution in [3.05, 3.63) is 42.1 Å². The molecule has 8 nitrogen and oxygen atoms in total. The smallest absolute Gasteiger partial charge is 0.314 e. The Morgan fingerprint density at radius 1 is 1.46 bits per heavy atom. The molecule has 1 aliphatic heterocycles. The maximum Gasteiger partial charge on any atom is 0.314 e. The van der Waals surface area contributed by atoms with Gasteiger partial charge in [-0.2, -0.15) is 4.98 Å². The van der Waals surface area contributed by atoms with Gasteiger partial charge >= 0.3 is 5.97 Å². The highest BCUT2D eigenvalue weighted by Gasteiger charge is 2.49. The van der Waals surface area contributed by atoms with Gasteiger partial charge in [-0.3, -0.25) is 4.79 Å². The molecule has 4 N–H and O–H groups in total. The molecule has 1 aromatic carbocycles. The van der Waals surface area contributed by atoms with Gasteiger partial charge in [0.15, 0.2) is 0 Å². The van der Waals surface area contributed by atoms with Crippen LogP contribution >= 0.6 is 0 Å². The Morgan fingerprint density at radius 2 is 2.27 bits per heavy atom. The summed E-state index contributed by atoms with van der Waals surface area (Å²) < 4.78 is 5.22. The molecule has 138 valence electrons. The lowest BCUT2D eigenvalue weighted by Crippen LogP contribution is -2.57. The number of nitrogens with zero attached hydrogens (tertiary/aromatic N) is 3. The molecular formula is C18H22N4O4. The topological polar surface area (TPSA) is 122 Å². The number of aliphatic hydroxyl groups is 1. The van der Waals surface area contributed by atoms with Gasteiger partial charge in [0.05, 0.1) is 13.2 Å². The van der Waals surface area contributed by atoms with Crippen molar-refractivity contribution in [1.29, 1.82) is 0 Å². The number of piperidine rings is 1. The SMILES string of the molecule is COc1cccc(C[C@@]2(C(=O)O)CN(c3ccnc(N)n3)CC[C@H]2O)c1. The number of benzene rings is 1. The van der Waals surface area contributed by atoms with E-state index in [0.29, 0.717) is 24.5 Å². The van der Waals surface area contributed by atoms with Gasteiger partial charge in [-0.25, -0.2) is 4.98 Å². The Morgan fingerprint density at radius 3 is 2.96 bits per heavy atom. The van der Waals surface area contributed by atoms with E-state index in [4.69, 9.17) is 10.5 Å². The maximum absolute atomic E-state index is 12.2. The Labute approximate surface area is 151 Å². The summed E-state index contributed by atoms with van der Waals surface area (Å²) in [6.45, 7) is 0.613. The summed E-state index contributed by atoms with van der Waals surface area (Å²) in [5.41, 5.74) is 5.08. The van der Waals surface area contributed by atoms with Gasteiger partial charge in [0.2, 0.25) is 5.95 Å². The van der Waals surface area contributed by atoms with E-state index in [0.717, 1.165) is 5.56 Å². The minimum absolute atomic E-state index is 0.122. The quantitative estimate of drug-likeness (QED) is 0.722. The van der Waals surface area contributed by atoms with Crippen LogP contribution in [0, 0.1) is 5.41 Å². The largest absolute Gasteiger partial charge is 0.497 e. The lowest BCUT2D eigenvalue weighted by molar-refractivity contribution is -0.157. The second-order valence-corrected chi connectivity index (χ2v) is 6.49. The van der Waals surface area contributed by atoms with Crippen LogP contribution in [-0.4, -0.2) is 52.5 Å². The number of rotatable bonds is 5. The number of methoxy groups -OCH3 is 1. The monoisotopic (exact) mass is 358 g/mol. The van der Waals surface area contributed by atoms with Gasteiger partial charge in [-0.15, -0.1) is 0 Å². The van der Waals surface area contributed by atoms with Crippen LogP contribution in [0.25, 0.3) is 0 Å². The molecule has 0 radical (unpaired) electrons. The van der Waals surface area contributed by atoms with Crippen molar-refractivity contribution in [2.45, 2.75) is 18.9 Å². The average molecular weight is 358 g/mol. The zero-order chi connectivity index (χ0) is 18.7. The Bertz CT molecular complexity index is 800. The highest BCUT2D eigenvalue weighted by molar-refractivity contribution is 5.77. The van der Waals surface area contributed by atoms with Crippen LogP contribution in [0.4, 0.5) is 11.8 Å². The first-order valence-corrected chi connectivity index (χ1v) is 8.32. The number of ether oxygens (including phenoxy) is 1. The highest BCUT2D eigenvalue weighted by atomic mass is 16.5. The van der Waals surface area contributed by atoms with Crippen molar-refractivity contribution >= 4 is 17.7 Å². The van der Waals surface area contributed by atoms with Crippen molar-refractivity contribution in [3.63, 3.8) is 0 Å². The van der Waals surface area contributed by atoms with Gasteiger partial charge in [-0.1, -0.05) is 12.1 Å². The summed E-state index contributed by atoms with van der Waals surface area (Å²) in [5.74, 6) is 0.288. The van der Waals surface area contributed by atoms with E-state index in [1.807, 2.05) is 17.0 Å². The molecular weight excluding hydrogens is 336 g/mol. The molecule has 2 heterocycles. The number of aliphatic carboxylic acids is 1. The maximum atomic E-state index is 12.2. The van der Waals surface area contributed by atoms with E-state index in [2.05, 4.69) is 9.97 Å². The molecule has 26 heavy (non-hydrogen) atoms. The first kappa shape index (κ1) is 17.9. The van der Waals surface area contributed by atoms with Gasteiger partial charge in [-0.05, 0) is 36.6 Å². The standard InChI is InChI=1S/C18H22N4O4/c1-26-13-4-2-3-12(9-13)10-18(16(24)25)11-22(8-6-14(18)23)15-5-7-20-17(19)21-15/h2-5,7,9,14,23H,6,8,10-11H2,1H3,(H,24,25)(H2,19,20,21)/t14-,18-/m1/s1. The van der Waals surface area contributed by atoms with Crippen LogP contribution < -0.4 is 15.4 Å². The van der Waals surface area contributed by atoms with Crippen molar-refractivity contribution in [2.24, 2.45) is 5.41 Å². The fraction of sp³-hybridized carbons (Fsp3) is 0.389. The van der Waals surface area contributed by atoms with Crippen molar-refractivity contribution in [3.8, 4) is 5.75 Å². The van der Waals surface area contributed by atoms with Gasteiger partial charge in [0.25, 0.3) is 0 Å². The molecule has 0 bridgehead atoms. The molecule has 1 aromatic heterocycles. The Kier molecular flexibility index (Phi) is 4.94. The Hall–Kier alpha value is -2.87. The van der Waals surface area contributed by atoms with Crippen molar-refractivity contribution < 1.29 is 19.7 Å². The normalized spacial score (nSPS) is 22.8. The number of aliphatic hydroxyl groups excluding tert-OH is 1. The summed E-state index contributed by atoms with van der Waals surface area (Å²) >= 11 is 0. The molecule has 0 aliphatic carbocycles. The summed E-state index contributed by atoms with van der Waals surface area (Å²) in [7, 11) is 1.56. The predicted molar refractivity (Wildman–Crippen MR) is 96.0 cm³/mol. The van der Waals surface area contributed by atoms with E-state index in [1.165, 1.54) is 6.20 Å². The number of carboxylic acid groups (broad SMARTS) is 1. The number of anilines is 2. The number of aromatic nitrogens is 2. The van der Waals surface area contributed by atoms with E-state index in [1.54, 1.807) is 25.3 Å². The number of carbonyl (C=O) groups is 1. The van der Waals surface area contributed by atoms with E-state index >= 15 is 0 Å². The number of nitrogen functional groups attached to an aromatic ring is 1. The molecule has 1 aliphatic rings. The van der Waals surface area contributed by atoms with E-state index < -0.39 is 17.5 Å². The zero-order valence-corrected chi connectivity index (χ0v) is 14.5. The lowest BCUT2D eigenvalue weighted by atomic mass is 9.73. The summed E-state index contributed by atoms with van der Waals surface area (Å²) in [6.07, 6.45) is 1.06. The van der Waals surface area contributed by atoms with Gasteiger partial charge < -0.3 is 25.6 Å². The molecule has 0 saturated carbocycles. The molecule has 1 saturated heterocycles. The molecule has 1 fully saturated rings. The fourth-order valence-electron chi connectivity index (χ4n) is 3.42. The third-order valence-electron chi connectivity index (χ3n) is 4.85. The summed E-state index contributed by atoms with van der Waals surface area (Å²) in [5, 5.41) is 20.6. The second kappa shape index (κ2) is 7.17. The molecule has 2 atom stereocenters. The van der Waals surface area contributed by atoms with Crippen LogP contribution in [0.3, 0.4) is 0 Å². The van der Waals surface area contributed by atoms with Gasteiger partial charge in [0.1, 0.15) is 17.0 Å². The first-order chi connectivity index (χ1) is 12.4. The average Bonchev–Trinajstić information content (AvgIpc) is 2.63. The van der Waals surface area contributed by atoms with Crippen molar-refractivity contribution in [1.82, 2.24) is 9.97 Å². The highest BCUT2D eigenvalue weighted by Crippen LogP contribution is 2.36. The Balaban J connectivity index is 1.93. The first-order valence-electron chi connectivity index (χ1n) is 8.32. The number of hydrogen-bond donors (Lipinski definition) is 3. The van der Waals surface area contributed by atoms with Crippen LogP contribution in [0.15, 0.2) is 36.5 Å². The van der Waals surface area contributed by atoms with E-state index in [9.17, 15) is 15.0 Å². The van der Waals surface area contributed by atoms with Crippen molar-refractivity contribution in [2.75, 3.05) is 30.8 Å². The molecule has 8 heteroatoms. The number of carboxylic acids is 1. The molecule has 3 rings (SSSR count). The van der Waals surface area contributed by atoms with Crippen LogP contribution in [-0.2, 0) is 11.2 Å². The zero-order valence-electron chi connectivity index (χ0n) is 14.5. The minimum Gasteiger partial charge on any atom is -0.497 e. The molecule has 0 spiro atoms. The van der Waals surface area contributed by atoms with Crippen LogP contribution in [0.5, 0.6) is 5.75 Å². The number of nitrogens with two attached hydrogens (primary N) is 1. The number of hydrogen-bond acceptors (Lipinski definition) is 7. The summed E-state index contributed by atoms with van der Waals surface area (Å²) in [4.78, 5) is 22.1. The predicted octanol–water partition coefficient (Wildman–Crippen LogP) is 0.952. The second-order valence-electron chi connectivity index (χ2n) is 6.49.